The minimum absolute atomic E-state index is 0.000160. The van der Waals surface area contributed by atoms with Crippen molar-refractivity contribution in [3.05, 3.63) is 29.8 Å². The fourth-order valence-corrected chi connectivity index (χ4v) is 7.05. The maximum Gasteiger partial charge on any atom is 0.326 e. The SMILES string of the molecule is CC[C@H](C)[C@H](N)C(=O)N[C@@H](CC(C)C)C(=O)N[C@H](C(=O)NCC(=O)N[C@@H](CS)C(=O)N[C@@H](Cc1ccc(O)cc1)C(=O)N[C@H](C(=O)N[C@@H](C)C(=O)N[C@H](C(=O)O)[C@@H](C)CC)[C@@H](C)CC)[C@@H](C)CC. The van der Waals surface area contributed by atoms with E-state index in [1.165, 1.54) is 31.2 Å². The van der Waals surface area contributed by atoms with E-state index >= 15 is 0 Å². The zero-order valence-electron chi connectivity index (χ0n) is 41.6. The van der Waals surface area contributed by atoms with Gasteiger partial charge in [-0.1, -0.05) is 107 Å². The van der Waals surface area contributed by atoms with Crippen LogP contribution in [0.2, 0.25) is 0 Å². The van der Waals surface area contributed by atoms with Crippen molar-refractivity contribution in [2.24, 2.45) is 35.3 Å². The molecule has 0 fully saturated rings. The van der Waals surface area contributed by atoms with E-state index in [0.717, 1.165) is 0 Å². The van der Waals surface area contributed by atoms with Gasteiger partial charge < -0.3 is 58.5 Å². The molecule has 0 aliphatic carbocycles. The van der Waals surface area contributed by atoms with Crippen molar-refractivity contribution in [3.8, 4) is 5.75 Å². The topological polar surface area (TPSA) is 316 Å². The van der Waals surface area contributed by atoms with Gasteiger partial charge in [0.05, 0.1) is 12.6 Å². The Morgan fingerprint density at radius 2 is 1.00 bits per heavy atom. The number of aliphatic carboxylic acids is 1. The van der Waals surface area contributed by atoms with Crippen LogP contribution in [0, 0.1) is 29.6 Å². The fraction of sp³-hybridized carbons (Fsp3) is 0.681. The van der Waals surface area contributed by atoms with E-state index in [1.807, 2.05) is 34.6 Å². The highest BCUT2D eigenvalue weighted by atomic mass is 32.1. The molecule has 0 unspecified atom stereocenters. The van der Waals surface area contributed by atoms with Crippen molar-refractivity contribution in [2.75, 3.05) is 12.3 Å². The molecule has 384 valence electrons. The Morgan fingerprint density at radius 1 is 0.544 bits per heavy atom. The number of nitrogens with one attached hydrogen (secondary N) is 8. The van der Waals surface area contributed by atoms with Gasteiger partial charge in [-0.3, -0.25) is 38.4 Å². The molecule has 12 N–H and O–H groups in total. The summed E-state index contributed by atoms with van der Waals surface area (Å²) >= 11 is 4.25. The predicted molar refractivity (Wildman–Crippen MR) is 261 cm³/mol. The first-order valence-corrected chi connectivity index (χ1v) is 24.2. The van der Waals surface area contributed by atoms with Crippen LogP contribution < -0.4 is 48.3 Å². The van der Waals surface area contributed by atoms with Crippen LogP contribution in [0.4, 0.5) is 0 Å². The third kappa shape index (κ3) is 20.0. The van der Waals surface area contributed by atoms with Gasteiger partial charge in [0.2, 0.25) is 47.3 Å². The molecule has 0 aromatic heterocycles. The second-order valence-electron chi connectivity index (χ2n) is 18.2. The molecule has 0 bridgehead atoms. The number of aromatic hydroxyl groups is 1. The lowest BCUT2D eigenvalue weighted by Crippen LogP contribution is -2.60. The number of amides is 8. The standard InChI is InChI=1S/C47H79N9O11S/c1-12-25(7)36(48)44(63)53-32(20-24(5)6)41(60)54-37(26(8)13-2)45(64)49-22-35(58)51-34(23-68)43(62)52-33(21-30-16-18-31(57)19-17-30)42(61)55-38(27(9)14-3)46(65)50-29(11)40(59)56-39(47(66)67)28(10)15-4/h16-19,24-29,32-34,36-39,57,68H,12-15,20-23,48H2,1-11H3,(H,49,64)(H,50,65)(H,51,58)(H,52,62)(H,53,63)(H,54,60)(H,55,61)(H,56,59)(H,66,67)/t25-,26-,27-,28-,29-,32-,33-,34-,36-,37-,38-,39-/m0/s1. The quantitative estimate of drug-likeness (QED) is 0.0482. The normalized spacial score (nSPS) is 16.6. The maximum atomic E-state index is 14.1. The number of carboxylic acids is 1. The molecule has 0 saturated heterocycles. The molecule has 68 heavy (non-hydrogen) atoms. The summed E-state index contributed by atoms with van der Waals surface area (Å²) in [5.74, 6) is -8.59. The number of hydrogen-bond acceptors (Lipinski definition) is 12. The molecule has 0 aliphatic rings. The Balaban J connectivity index is 3.24. The summed E-state index contributed by atoms with van der Waals surface area (Å²) in [6.45, 7) is 18.8. The Kier molecular flexibility index (Phi) is 26.8. The van der Waals surface area contributed by atoms with Crippen molar-refractivity contribution >= 4 is 65.9 Å². The molecule has 0 heterocycles. The number of carbonyl (C=O) groups excluding carboxylic acids is 8. The molecule has 12 atom stereocenters. The van der Waals surface area contributed by atoms with Gasteiger partial charge in [0.1, 0.15) is 48.0 Å². The smallest absolute Gasteiger partial charge is 0.326 e. The van der Waals surface area contributed by atoms with Crippen molar-refractivity contribution in [2.45, 2.75) is 163 Å². The van der Waals surface area contributed by atoms with Gasteiger partial charge in [-0.15, -0.1) is 0 Å². The second-order valence-corrected chi connectivity index (χ2v) is 18.6. The molecule has 1 aromatic rings. The monoisotopic (exact) mass is 978 g/mol. The van der Waals surface area contributed by atoms with Crippen molar-refractivity contribution in [3.63, 3.8) is 0 Å². The molecular formula is C47H79N9O11S. The van der Waals surface area contributed by atoms with E-state index < -0.39 is 126 Å². The summed E-state index contributed by atoms with van der Waals surface area (Å²) < 4.78 is 0. The van der Waals surface area contributed by atoms with E-state index in [4.69, 9.17) is 5.73 Å². The van der Waals surface area contributed by atoms with Crippen LogP contribution in [0.3, 0.4) is 0 Å². The summed E-state index contributed by atoms with van der Waals surface area (Å²) in [5, 5.41) is 40.3. The van der Waals surface area contributed by atoms with Crippen LogP contribution in [-0.2, 0) is 49.6 Å². The van der Waals surface area contributed by atoms with Crippen LogP contribution in [0.15, 0.2) is 24.3 Å². The molecule has 1 aromatic carbocycles. The van der Waals surface area contributed by atoms with Crippen molar-refractivity contribution < 1.29 is 53.4 Å². The molecule has 0 spiro atoms. The summed E-state index contributed by atoms with van der Waals surface area (Å²) in [6, 6.07) is -3.36. The van der Waals surface area contributed by atoms with Gasteiger partial charge in [0, 0.05) is 12.2 Å². The number of carboxylic acid groups (broad SMARTS) is 1. The lowest BCUT2D eigenvalue weighted by Gasteiger charge is -2.29. The molecule has 0 radical (unpaired) electrons. The number of rotatable bonds is 30. The number of benzene rings is 1. The number of thiol groups is 1. The van der Waals surface area contributed by atoms with E-state index in [1.54, 1.807) is 34.6 Å². The Labute approximate surface area is 406 Å². The molecule has 8 amide bonds. The average molecular weight is 978 g/mol. The molecule has 0 aliphatic heterocycles. The highest BCUT2D eigenvalue weighted by molar-refractivity contribution is 7.80. The Hall–Kier alpha value is -5.44. The largest absolute Gasteiger partial charge is 0.508 e. The van der Waals surface area contributed by atoms with Gasteiger partial charge in [-0.25, -0.2) is 4.79 Å². The fourth-order valence-electron chi connectivity index (χ4n) is 6.79. The van der Waals surface area contributed by atoms with Crippen molar-refractivity contribution in [1.29, 1.82) is 0 Å². The van der Waals surface area contributed by atoms with Gasteiger partial charge in [0.25, 0.3) is 0 Å². The Bertz CT molecular complexity index is 1850. The molecule has 1 rings (SSSR count). The van der Waals surface area contributed by atoms with Crippen LogP contribution in [0.25, 0.3) is 0 Å². The lowest BCUT2D eigenvalue weighted by atomic mass is 9.96. The van der Waals surface area contributed by atoms with E-state index in [2.05, 4.69) is 55.2 Å². The summed E-state index contributed by atoms with van der Waals surface area (Å²) in [4.78, 5) is 120. The third-order valence-electron chi connectivity index (χ3n) is 12.3. The second kappa shape index (κ2) is 30.1. The summed E-state index contributed by atoms with van der Waals surface area (Å²) in [6.07, 6.45) is 2.15. The van der Waals surface area contributed by atoms with E-state index in [0.29, 0.717) is 31.2 Å². The van der Waals surface area contributed by atoms with Gasteiger partial charge in [0.15, 0.2) is 0 Å². The zero-order valence-corrected chi connectivity index (χ0v) is 42.5. The lowest BCUT2D eigenvalue weighted by molar-refractivity contribution is -0.143. The van der Waals surface area contributed by atoms with Crippen LogP contribution in [0.1, 0.15) is 114 Å². The molecule has 20 nitrogen and oxygen atoms in total. The Morgan fingerprint density at radius 3 is 1.49 bits per heavy atom. The first kappa shape index (κ1) is 60.6. The number of nitrogens with two attached hydrogens (primary N) is 1. The molecule has 0 saturated carbocycles. The number of phenolic OH excluding ortho intramolecular Hbond substituents is 1. The van der Waals surface area contributed by atoms with Crippen LogP contribution >= 0.6 is 12.6 Å². The average Bonchev–Trinajstić information content (AvgIpc) is 3.30. The number of phenols is 1. The number of hydrogen-bond donors (Lipinski definition) is 12. The number of carbonyl (C=O) groups is 9. The zero-order chi connectivity index (χ0) is 52.0. The third-order valence-corrected chi connectivity index (χ3v) is 12.6. The van der Waals surface area contributed by atoms with Crippen LogP contribution in [-0.4, -0.2) is 124 Å². The maximum absolute atomic E-state index is 14.1. The highest BCUT2D eigenvalue weighted by Gasteiger charge is 2.35. The van der Waals surface area contributed by atoms with Gasteiger partial charge in [-0.2, -0.15) is 12.6 Å². The van der Waals surface area contributed by atoms with Gasteiger partial charge >= 0.3 is 5.97 Å². The van der Waals surface area contributed by atoms with E-state index in [-0.39, 0.29) is 36.2 Å². The summed E-state index contributed by atoms with van der Waals surface area (Å²) in [7, 11) is 0. The van der Waals surface area contributed by atoms with Gasteiger partial charge in [-0.05, 0) is 60.6 Å². The minimum atomic E-state index is -1.35. The molecular weight excluding hydrogens is 899 g/mol. The summed E-state index contributed by atoms with van der Waals surface area (Å²) in [5.41, 5.74) is 6.64. The van der Waals surface area contributed by atoms with Crippen molar-refractivity contribution in [1.82, 2.24) is 42.5 Å². The van der Waals surface area contributed by atoms with E-state index in [9.17, 15) is 53.4 Å². The first-order valence-electron chi connectivity index (χ1n) is 23.6. The highest BCUT2D eigenvalue weighted by Crippen LogP contribution is 2.16. The minimum Gasteiger partial charge on any atom is -0.508 e. The first-order chi connectivity index (χ1) is 31.8. The molecule has 21 heteroatoms. The predicted octanol–water partition coefficient (Wildman–Crippen LogP) is 1.04. The van der Waals surface area contributed by atoms with Crippen LogP contribution in [0.5, 0.6) is 5.75 Å².